The third kappa shape index (κ3) is 9.33. The minimum absolute atomic E-state index is 0.0584. The molecule has 0 spiro atoms. The first-order chi connectivity index (χ1) is 18.9. The minimum atomic E-state index is -5.08. The van der Waals surface area contributed by atoms with Crippen LogP contribution in [0.2, 0.25) is 0 Å². The van der Waals surface area contributed by atoms with Crippen molar-refractivity contribution in [3.05, 3.63) is 53.1 Å². The van der Waals surface area contributed by atoms with Gasteiger partial charge in [0.15, 0.2) is 11.5 Å². The molecule has 0 atom stereocenters. The Morgan fingerprint density at radius 2 is 1.50 bits per heavy atom. The normalized spacial score (nSPS) is 13.0. The lowest BCUT2D eigenvalue weighted by molar-refractivity contribution is -0.192. The quantitative estimate of drug-likeness (QED) is 0.473. The van der Waals surface area contributed by atoms with Crippen molar-refractivity contribution in [2.75, 3.05) is 54.1 Å². The van der Waals surface area contributed by atoms with Crippen molar-refractivity contribution < 1.29 is 46.9 Å². The first-order valence-corrected chi connectivity index (χ1v) is 12.3. The largest absolute Gasteiger partial charge is 0.493 e. The Morgan fingerprint density at radius 1 is 0.975 bits per heavy atom. The van der Waals surface area contributed by atoms with Crippen LogP contribution in [0.4, 0.5) is 13.2 Å². The number of carboxylic acid groups (broad SMARTS) is 1. The van der Waals surface area contributed by atoms with Gasteiger partial charge >= 0.3 is 12.1 Å². The number of ether oxygens (including phenoxy) is 3. The fraction of sp³-hybridized carbons (Fsp3) is 0.444. The van der Waals surface area contributed by atoms with E-state index in [1.807, 2.05) is 36.1 Å². The number of alkyl halides is 3. The number of methoxy groups -OCH3 is 3. The number of amides is 2. The van der Waals surface area contributed by atoms with Gasteiger partial charge in [-0.1, -0.05) is 29.8 Å². The van der Waals surface area contributed by atoms with Gasteiger partial charge in [-0.05, 0) is 24.6 Å². The van der Waals surface area contributed by atoms with Gasteiger partial charge in [0.1, 0.15) is 0 Å². The molecule has 2 aromatic rings. The highest BCUT2D eigenvalue weighted by Crippen LogP contribution is 2.38. The molecule has 0 bridgehead atoms. The lowest BCUT2D eigenvalue weighted by atomic mass is 10.1. The standard InChI is InChI=1S/C25H33N3O5.C2HF3O2/c1-18-5-7-19(8-6-18)17-28(12-9-23(29)27-13-10-26-11-14-27)25(30)20-15-21(31-2)24(33-4)22(16-20)32-3;3-2(4,5)1(6)7/h5-8,15-16,26H,9-14,17H2,1-4H3;(H,6,7). The van der Waals surface area contributed by atoms with Crippen molar-refractivity contribution in [2.45, 2.75) is 26.1 Å². The van der Waals surface area contributed by atoms with Gasteiger partial charge in [-0.25, -0.2) is 4.79 Å². The molecule has 220 valence electrons. The number of aryl methyl sites for hydroxylation is 1. The third-order valence-corrected chi connectivity index (χ3v) is 6.00. The monoisotopic (exact) mass is 569 g/mol. The SMILES string of the molecule is COc1cc(C(=O)N(CCC(=O)N2CCNCC2)Cc2ccc(C)cc2)cc(OC)c1OC.O=C(O)C(F)(F)F. The summed E-state index contributed by atoms with van der Waals surface area (Å²) in [5.41, 5.74) is 2.55. The second kappa shape index (κ2) is 15.0. The van der Waals surface area contributed by atoms with E-state index in [-0.39, 0.29) is 18.2 Å². The number of hydrogen-bond acceptors (Lipinski definition) is 7. The van der Waals surface area contributed by atoms with Gasteiger partial charge in [0.2, 0.25) is 11.7 Å². The van der Waals surface area contributed by atoms with Crippen LogP contribution in [0, 0.1) is 6.92 Å². The molecule has 0 radical (unpaired) electrons. The maximum Gasteiger partial charge on any atom is 0.490 e. The zero-order valence-corrected chi connectivity index (χ0v) is 22.8. The first-order valence-electron chi connectivity index (χ1n) is 12.3. The molecule has 0 aromatic heterocycles. The topological polar surface area (TPSA) is 118 Å². The van der Waals surface area contributed by atoms with Crippen LogP contribution < -0.4 is 19.5 Å². The van der Waals surface area contributed by atoms with Crippen molar-refractivity contribution in [3.8, 4) is 17.2 Å². The Labute approximate surface area is 230 Å². The Balaban J connectivity index is 0.000000708. The summed E-state index contributed by atoms with van der Waals surface area (Å²) in [5, 5.41) is 10.4. The van der Waals surface area contributed by atoms with E-state index < -0.39 is 12.1 Å². The van der Waals surface area contributed by atoms with Gasteiger partial charge in [0, 0.05) is 51.3 Å². The molecule has 1 aliphatic heterocycles. The second-order valence-electron chi connectivity index (χ2n) is 8.81. The molecule has 3 rings (SSSR count). The van der Waals surface area contributed by atoms with Crippen molar-refractivity contribution >= 4 is 17.8 Å². The van der Waals surface area contributed by atoms with E-state index in [4.69, 9.17) is 24.1 Å². The maximum absolute atomic E-state index is 13.6. The van der Waals surface area contributed by atoms with Crippen molar-refractivity contribution in [3.63, 3.8) is 0 Å². The highest BCUT2D eigenvalue weighted by Gasteiger charge is 2.38. The maximum atomic E-state index is 13.6. The summed E-state index contributed by atoms with van der Waals surface area (Å²) in [7, 11) is 4.55. The van der Waals surface area contributed by atoms with Crippen molar-refractivity contribution in [1.82, 2.24) is 15.1 Å². The summed E-state index contributed by atoms with van der Waals surface area (Å²) in [6.45, 7) is 5.70. The zero-order valence-electron chi connectivity index (χ0n) is 22.8. The first kappa shape index (κ1) is 32.2. The van der Waals surface area contributed by atoms with Crippen LogP contribution >= 0.6 is 0 Å². The van der Waals surface area contributed by atoms with Gasteiger partial charge < -0.3 is 34.4 Å². The smallest absolute Gasteiger partial charge is 0.490 e. The van der Waals surface area contributed by atoms with Crippen LogP contribution in [0.15, 0.2) is 36.4 Å². The Morgan fingerprint density at radius 3 is 1.95 bits per heavy atom. The van der Waals surface area contributed by atoms with Crippen LogP contribution in [0.25, 0.3) is 0 Å². The molecular weight excluding hydrogens is 535 g/mol. The summed E-state index contributed by atoms with van der Waals surface area (Å²) >= 11 is 0. The number of carbonyl (C=O) groups excluding carboxylic acids is 2. The van der Waals surface area contributed by atoms with Gasteiger partial charge in [0.25, 0.3) is 5.91 Å². The number of halogens is 3. The van der Waals surface area contributed by atoms with E-state index in [0.717, 1.165) is 24.2 Å². The Hall–Kier alpha value is -4.00. The predicted octanol–water partition coefficient (Wildman–Crippen LogP) is 3.12. The average Bonchev–Trinajstić information content (AvgIpc) is 2.95. The van der Waals surface area contributed by atoms with Crippen LogP contribution in [-0.4, -0.2) is 92.9 Å². The Bertz CT molecular complexity index is 1130. The second-order valence-corrected chi connectivity index (χ2v) is 8.81. The van der Waals surface area contributed by atoms with Crippen LogP contribution in [-0.2, 0) is 16.1 Å². The molecule has 2 aromatic carbocycles. The summed E-state index contributed by atoms with van der Waals surface area (Å²) in [5.74, 6) is -1.66. The van der Waals surface area contributed by atoms with Gasteiger partial charge in [-0.3, -0.25) is 9.59 Å². The van der Waals surface area contributed by atoms with Crippen molar-refractivity contribution in [2.24, 2.45) is 0 Å². The summed E-state index contributed by atoms with van der Waals surface area (Å²) < 4.78 is 47.9. The predicted molar refractivity (Wildman–Crippen MR) is 140 cm³/mol. The highest BCUT2D eigenvalue weighted by atomic mass is 19.4. The molecule has 1 heterocycles. The summed E-state index contributed by atoms with van der Waals surface area (Å²) in [6, 6.07) is 11.3. The number of nitrogens with one attached hydrogen (secondary N) is 1. The molecule has 2 N–H and O–H groups in total. The van der Waals surface area contributed by atoms with E-state index in [2.05, 4.69) is 5.32 Å². The molecule has 40 heavy (non-hydrogen) atoms. The minimum Gasteiger partial charge on any atom is -0.493 e. The molecule has 0 unspecified atom stereocenters. The number of carbonyl (C=O) groups is 3. The summed E-state index contributed by atoms with van der Waals surface area (Å²) in [4.78, 5) is 38.8. The van der Waals surface area contributed by atoms with Gasteiger partial charge in [-0.2, -0.15) is 13.2 Å². The number of rotatable bonds is 9. The van der Waals surface area contributed by atoms with E-state index in [9.17, 15) is 22.8 Å². The number of benzene rings is 2. The average molecular weight is 570 g/mol. The molecular formula is C27H34F3N3O7. The van der Waals surface area contributed by atoms with E-state index in [0.29, 0.717) is 49.0 Å². The molecule has 13 heteroatoms. The van der Waals surface area contributed by atoms with E-state index in [1.54, 1.807) is 17.0 Å². The van der Waals surface area contributed by atoms with E-state index >= 15 is 0 Å². The molecule has 0 saturated carbocycles. The molecule has 1 saturated heterocycles. The number of piperazine rings is 1. The number of carboxylic acids is 1. The fourth-order valence-corrected chi connectivity index (χ4v) is 3.86. The number of aliphatic carboxylic acids is 1. The molecule has 0 aliphatic carbocycles. The number of nitrogens with zero attached hydrogens (tertiary/aromatic N) is 2. The zero-order chi connectivity index (χ0) is 29.9. The molecule has 10 nitrogen and oxygen atoms in total. The lowest BCUT2D eigenvalue weighted by Gasteiger charge is -2.29. The molecule has 1 aliphatic rings. The molecule has 2 amide bonds. The lowest BCUT2D eigenvalue weighted by Crippen LogP contribution is -2.47. The van der Waals surface area contributed by atoms with Gasteiger partial charge in [0.05, 0.1) is 21.3 Å². The fourth-order valence-electron chi connectivity index (χ4n) is 3.86. The van der Waals surface area contributed by atoms with Crippen LogP contribution in [0.1, 0.15) is 27.9 Å². The highest BCUT2D eigenvalue weighted by molar-refractivity contribution is 5.96. The van der Waals surface area contributed by atoms with Crippen LogP contribution in [0.5, 0.6) is 17.2 Å². The molecule has 1 fully saturated rings. The summed E-state index contributed by atoms with van der Waals surface area (Å²) in [6.07, 6.45) is -4.82. The Kier molecular flexibility index (Phi) is 12.1. The van der Waals surface area contributed by atoms with E-state index in [1.165, 1.54) is 21.3 Å². The van der Waals surface area contributed by atoms with Crippen LogP contribution in [0.3, 0.4) is 0 Å². The van der Waals surface area contributed by atoms with Gasteiger partial charge in [-0.15, -0.1) is 0 Å². The third-order valence-electron chi connectivity index (χ3n) is 6.00. The van der Waals surface area contributed by atoms with Crippen molar-refractivity contribution in [1.29, 1.82) is 0 Å². The number of hydrogen-bond donors (Lipinski definition) is 2.